The molecule has 0 bridgehead atoms. The van der Waals surface area contributed by atoms with Crippen LogP contribution >= 0.6 is 27.3 Å². The van der Waals surface area contributed by atoms with Crippen molar-refractivity contribution < 1.29 is 14.3 Å². The number of fused-ring (bicyclic) bond motifs is 1. The molecular weight excluding hydrogens is 416 g/mol. The van der Waals surface area contributed by atoms with Crippen LogP contribution in [0.1, 0.15) is 5.56 Å². The third-order valence-electron chi connectivity index (χ3n) is 3.74. The number of hydrogen-bond acceptors (Lipinski definition) is 4. The van der Waals surface area contributed by atoms with Crippen LogP contribution < -0.4 is 9.54 Å². The smallest absolute Gasteiger partial charge is 0.286 e. The van der Waals surface area contributed by atoms with E-state index in [1.54, 1.807) is 7.11 Å². The molecule has 5 nitrogen and oxygen atoms in total. The van der Waals surface area contributed by atoms with Gasteiger partial charge in [0.05, 0.1) is 16.8 Å². The van der Waals surface area contributed by atoms with Crippen LogP contribution in [0, 0.1) is 6.92 Å². The first-order chi connectivity index (χ1) is 12.6. The summed E-state index contributed by atoms with van der Waals surface area (Å²) in [5.41, 5.74) is 2.11. The van der Waals surface area contributed by atoms with E-state index in [1.807, 2.05) is 54.0 Å². The lowest BCUT2D eigenvalue weighted by Crippen LogP contribution is -2.21. The van der Waals surface area contributed by atoms with Crippen molar-refractivity contribution >= 4 is 43.4 Å². The molecule has 0 N–H and O–H groups in total. The molecule has 0 unspecified atom stereocenters. The van der Waals surface area contributed by atoms with Gasteiger partial charge in [0.15, 0.2) is 11.4 Å². The Labute approximate surface area is 164 Å². The molecule has 0 fully saturated rings. The van der Waals surface area contributed by atoms with Crippen LogP contribution in [-0.2, 0) is 16.1 Å². The van der Waals surface area contributed by atoms with Gasteiger partial charge in [-0.3, -0.25) is 4.79 Å². The number of aromatic nitrogens is 1. The van der Waals surface area contributed by atoms with E-state index in [9.17, 15) is 4.79 Å². The molecule has 1 aromatic heterocycles. The number of halogens is 1. The highest BCUT2D eigenvalue weighted by molar-refractivity contribution is 9.10. The predicted molar refractivity (Wildman–Crippen MR) is 107 cm³/mol. The first-order valence-corrected chi connectivity index (χ1v) is 9.72. The van der Waals surface area contributed by atoms with Crippen molar-refractivity contribution in [3.63, 3.8) is 0 Å². The zero-order chi connectivity index (χ0) is 18.5. The molecule has 1 heterocycles. The number of carbonyl (C=O) groups is 1. The topological polar surface area (TPSA) is 52.8 Å². The monoisotopic (exact) mass is 434 g/mol. The predicted octanol–water partition coefficient (Wildman–Crippen LogP) is 3.93. The summed E-state index contributed by atoms with van der Waals surface area (Å²) in [5.74, 6) is 0.351. The van der Waals surface area contributed by atoms with Crippen LogP contribution in [0.2, 0.25) is 0 Å². The van der Waals surface area contributed by atoms with E-state index in [2.05, 4.69) is 20.9 Å². The maximum atomic E-state index is 12.3. The second-order valence-electron chi connectivity index (χ2n) is 5.75. The van der Waals surface area contributed by atoms with Gasteiger partial charge in [0.2, 0.25) is 0 Å². The molecule has 3 rings (SSSR count). The number of hydrogen-bond donors (Lipinski definition) is 0. The van der Waals surface area contributed by atoms with E-state index in [4.69, 9.17) is 9.47 Å². The molecule has 1 amide bonds. The summed E-state index contributed by atoms with van der Waals surface area (Å²) in [6.45, 7) is 3.06. The average Bonchev–Trinajstić information content (AvgIpc) is 2.94. The Morgan fingerprint density at radius 2 is 2.12 bits per heavy atom. The van der Waals surface area contributed by atoms with Crippen molar-refractivity contribution in [2.24, 2.45) is 4.99 Å². The van der Waals surface area contributed by atoms with Gasteiger partial charge in [0.25, 0.3) is 5.91 Å². The quantitative estimate of drug-likeness (QED) is 0.590. The van der Waals surface area contributed by atoms with Gasteiger partial charge in [-0.15, -0.1) is 0 Å². The summed E-state index contributed by atoms with van der Waals surface area (Å²) in [6, 6.07) is 13.6. The van der Waals surface area contributed by atoms with Crippen molar-refractivity contribution in [1.29, 1.82) is 0 Å². The summed E-state index contributed by atoms with van der Waals surface area (Å²) < 4.78 is 14.8. The molecule has 0 radical (unpaired) electrons. The van der Waals surface area contributed by atoms with E-state index in [-0.39, 0.29) is 12.5 Å². The van der Waals surface area contributed by atoms with Crippen LogP contribution in [-0.4, -0.2) is 30.8 Å². The first-order valence-electron chi connectivity index (χ1n) is 8.11. The minimum atomic E-state index is -0.316. The van der Waals surface area contributed by atoms with E-state index in [1.165, 1.54) is 11.3 Å². The zero-order valence-corrected chi connectivity index (χ0v) is 17.0. The number of nitrogens with zero attached hydrogens (tertiary/aromatic N) is 2. The van der Waals surface area contributed by atoms with Crippen molar-refractivity contribution in [3.05, 3.63) is 57.3 Å². The Hall–Kier alpha value is -1.96. The Balaban J connectivity index is 1.86. The molecule has 2 aromatic carbocycles. The summed E-state index contributed by atoms with van der Waals surface area (Å²) in [6.07, 6.45) is 0. The third-order valence-corrected chi connectivity index (χ3v) is 5.27. The van der Waals surface area contributed by atoms with Gasteiger partial charge in [0, 0.05) is 18.1 Å². The summed E-state index contributed by atoms with van der Waals surface area (Å²) >= 11 is 4.96. The van der Waals surface area contributed by atoms with Crippen LogP contribution in [0.4, 0.5) is 0 Å². The van der Waals surface area contributed by atoms with Crippen LogP contribution in [0.15, 0.2) is 51.9 Å². The number of rotatable bonds is 6. The highest BCUT2D eigenvalue weighted by Crippen LogP contribution is 2.22. The molecule has 136 valence electrons. The molecule has 0 saturated heterocycles. The second-order valence-corrected chi connectivity index (χ2v) is 7.68. The molecular formula is C19H19BrN2O3S. The summed E-state index contributed by atoms with van der Waals surface area (Å²) in [7, 11) is 1.66. The van der Waals surface area contributed by atoms with Crippen molar-refractivity contribution in [3.8, 4) is 5.75 Å². The molecule has 7 heteroatoms. The van der Waals surface area contributed by atoms with Gasteiger partial charge in [0.1, 0.15) is 5.75 Å². The fraction of sp³-hybridized carbons (Fsp3) is 0.263. The maximum Gasteiger partial charge on any atom is 0.286 e. The lowest BCUT2D eigenvalue weighted by molar-refractivity contribution is -0.120. The molecule has 3 aromatic rings. The molecule has 0 aliphatic carbocycles. The first kappa shape index (κ1) is 18.8. The van der Waals surface area contributed by atoms with Crippen molar-refractivity contribution in [2.45, 2.75) is 13.5 Å². The SMILES string of the molecule is COCCn1c(=NC(=O)COc2cccc(C)c2)sc2cc(Br)ccc21. The summed E-state index contributed by atoms with van der Waals surface area (Å²) in [4.78, 5) is 17.2. The van der Waals surface area contributed by atoms with Crippen LogP contribution in [0.25, 0.3) is 10.2 Å². The fourth-order valence-electron chi connectivity index (χ4n) is 2.52. The van der Waals surface area contributed by atoms with Gasteiger partial charge in [-0.05, 0) is 42.8 Å². The minimum Gasteiger partial charge on any atom is -0.484 e. The minimum absolute atomic E-state index is 0.0916. The summed E-state index contributed by atoms with van der Waals surface area (Å²) in [5, 5.41) is 0. The number of ether oxygens (including phenoxy) is 2. The number of thiazole rings is 1. The van der Waals surface area contributed by atoms with Crippen LogP contribution in [0.3, 0.4) is 0 Å². The van der Waals surface area contributed by atoms with E-state index >= 15 is 0 Å². The molecule has 0 atom stereocenters. The Morgan fingerprint density at radius 3 is 2.88 bits per heavy atom. The Bertz CT molecular complexity index is 994. The fourth-order valence-corrected chi connectivity index (χ4v) is 4.15. The van der Waals surface area contributed by atoms with Gasteiger partial charge in [-0.25, -0.2) is 0 Å². The number of carbonyl (C=O) groups excluding carboxylic acids is 1. The largest absolute Gasteiger partial charge is 0.484 e. The highest BCUT2D eigenvalue weighted by atomic mass is 79.9. The maximum absolute atomic E-state index is 12.3. The molecule has 0 aliphatic heterocycles. The normalized spacial score (nSPS) is 11.9. The van der Waals surface area contributed by atoms with Crippen molar-refractivity contribution in [2.75, 3.05) is 20.3 Å². The van der Waals surface area contributed by atoms with E-state index < -0.39 is 0 Å². The van der Waals surface area contributed by atoms with E-state index in [0.29, 0.717) is 23.7 Å². The molecule has 0 spiro atoms. The third kappa shape index (κ3) is 4.60. The Kier molecular flexibility index (Phi) is 6.24. The van der Waals surface area contributed by atoms with Gasteiger partial charge >= 0.3 is 0 Å². The van der Waals surface area contributed by atoms with Gasteiger partial charge < -0.3 is 14.0 Å². The molecule has 0 aliphatic rings. The number of methoxy groups -OCH3 is 1. The lowest BCUT2D eigenvalue weighted by atomic mass is 10.2. The van der Waals surface area contributed by atoms with Gasteiger partial charge in [-0.2, -0.15) is 4.99 Å². The number of aryl methyl sites for hydroxylation is 1. The second kappa shape index (κ2) is 8.62. The lowest BCUT2D eigenvalue weighted by Gasteiger charge is -2.05. The van der Waals surface area contributed by atoms with E-state index in [0.717, 1.165) is 20.3 Å². The highest BCUT2D eigenvalue weighted by Gasteiger charge is 2.09. The van der Waals surface area contributed by atoms with Crippen molar-refractivity contribution in [1.82, 2.24) is 4.57 Å². The standard InChI is InChI=1S/C19H19BrN2O3S/c1-13-4-3-5-15(10-13)25-12-18(23)21-19-22(8-9-24-2)16-7-6-14(20)11-17(16)26-19/h3-7,10-11H,8-9,12H2,1-2H3. The average molecular weight is 435 g/mol. The van der Waals surface area contributed by atoms with Gasteiger partial charge in [-0.1, -0.05) is 39.4 Å². The zero-order valence-electron chi connectivity index (χ0n) is 14.6. The molecule has 26 heavy (non-hydrogen) atoms. The Morgan fingerprint density at radius 1 is 1.27 bits per heavy atom. The number of benzene rings is 2. The number of amides is 1. The van der Waals surface area contributed by atoms with Crippen LogP contribution in [0.5, 0.6) is 5.75 Å². The molecule has 0 saturated carbocycles.